The predicted molar refractivity (Wildman–Crippen MR) is 235 cm³/mol. The van der Waals surface area contributed by atoms with E-state index in [1.165, 1.54) is 4.90 Å². The van der Waals surface area contributed by atoms with E-state index in [2.05, 4.69) is 33.9 Å². The lowest BCUT2D eigenvalue weighted by molar-refractivity contribution is -0.142. The van der Waals surface area contributed by atoms with Crippen LogP contribution in [0.15, 0.2) is 36.9 Å². The molecular formula is C47H64N6O9S. The molecule has 4 heterocycles. The highest BCUT2D eigenvalue weighted by molar-refractivity contribution is 7.91. The zero-order valence-electron chi connectivity index (χ0n) is 36.8. The molecule has 4 amide bonds. The molecule has 6 fully saturated rings. The van der Waals surface area contributed by atoms with Gasteiger partial charge >= 0.3 is 6.09 Å². The number of hydrogen-bond donors (Lipinski definition) is 3. The van der Waals surface area contributed by atoms with E-state index < -0.39 is 68.2 Å². The van der Waals surface area contributed by atoms with Gasteiger partial charge in [-0.1, -0.05) is 50.3 Å². The number of likely N-dealkylation sites (N-methyl/N-ethyl adjacent to an activating group) is 1. The Morgan fingerprint density at radius 1 is 0.968 bits per heavy atom. The maximum Gasteiger partial charge on any atom is 0.408 e. The topological polar surface area (TPSA) is 186 Å². The molecule has 9 rings (SSSR count). The Hall–Kier alpha value is -4.44. The largest absolute Gasteiger partial charge is 0.488 e. The number of nitrogens with zero attached hydrogens (tertiary/aromatic N) is 3. The lowest BCUT2D eigenvalue weighted by atomic mass is 9.83. The number of nitrogens with one attached hydrogen (secondary N) is 3. The van der Waals surface area contributed by atoms with E-state index in [0.717, 1.165) is 107 Å². The van der Waals surface area contributed by atoms with E-state index in [1.54, 1.807) is 13.0 Å². The van der Waals surface area contributed by atoms with Crippen molar-refractivity contribution in [1.82, 2.24) is 30.1 Å². The lowest BCUT2D eigenvalue weighted by Crippen LogP contribution is -2.59. The predicted octanol–water partition coefficient (Wildman–Crippen LogP) is 5.30. The molecule has 3 aliphatic heterocycles. The van der Waals surface area contributed by atoms with Crippen LogP contribution in [0, 0.1) is 17.8 Å². The highest BCUT2D eigenvalue weighted by Crippen LogP contribution is 2.48. The fourth-order valence-electron chi connectivity index (χ4n) is 10.6. The Labute approximate surface area is 370 Å². The van der Waals surface area contributed by atoms with Crippen molar-refractivity contribution in [1.29, 1.82) is 0 Å². The van der Waals surface area contributed by atoms with Crippen molar-refractivity contribution in [3.8, 4) is 11.6 Å². The molecule has 15 nitrogen and oxygen atoms in total. The molecule has 8 atom stereocenters. The van der Waals surface area contributed by atoms with Gasteiger partial charge in [0.25, 0.3) is 5.91 Å². The number of carbonyl (C=O) groups is 4. The monoisotopic (exact) mass is 888 g/mol. The first-order valence-electron chi connectivity index (χ1n) is 23.5. The van der Waals surface area contributed by atoms with E-state index >= 15 is 4.79 Å². The number of ether oxygens (including phenoxy) is 3. The Balaban J connectivity index is 1.07. The summed E-state index contributed by atoms with van der Waals surface area (Å²) in [6.45, 7) is 7.28. The molecule has 2 saturated heterocycles. The maximum absolute atomic E-state index is 15.1. The number of pyridine rings is 1. The standard InChI is InChI=1S/C47H64N6O9S/c1-4-31-26-47(31,44(56)51-63(58,59)46(2)21-22-46)50-41(54)37-25-33-28-53(37)43(55)39(29-14-7-5-8-15-29)49-45(57)62-38-24-30(38)16-9-6-10-19-35-40(60-32-17-13-23-52(3)27-32)34-18-11-12-20-36(34)48-42(35)61-33/h4,11-12,18,20,29-33,37-39H,1,5-10,13-17,19,21-28H2,2-3H3,(H,49,57)(H,50,54)(H,51,56)/t30-,31?,32?,33-,37+,38-,39+,47?/m1/s1. The minimum Gasteiger partial charge on any atom is -0.488 e. The zero-order chi connectivity index (χ0) is 44.1. The van der Waals surface area contributed by atoms with Gasteiger partial charge in [0, 0.05) is 24.3 Å². The van der Waals surface area contributed by atoms with Gasteiger partial charge in [-0.25, -0.2) is 18.2 Å². The zero-order valence-corrected chi connectivity index (χ0v) is 37.6. The first-order valence-corrected chi connectivity index (χ1v) is 25.0. The Bertz CT molecular complexity index is 2230. The van der Waals surface area contributed by atoms with Gasteiger partial charge in [0.15, 0.2) is 0 Å². The van der Waals surface area contributed by atoms with E-state index in [9.17, 15) is 22.8 Å². The molecule has 2 bridgehead atoms. The first kappa shape index (κ1) is 43.8. The summed E-state index contributed by atoms with van der Waals surface area (Å²) in [7, 11) is -1.90. The summed E-state index contributed by atoms with van der Waals surface area (Å²) < 4.78 is 47.5. The summed E-state index contributed by atoms with van der Waals surface area (Å²) in [6.07, 6.45) is 12.5. The Kier molecular flexibility index (Phi) is 12.2. The van der Waals surface area contributed by atoms with Crippen molar-refractivity contribution >= 4 is 44.7 Å². The lowest BCUT2D eigenvalue weighted by Gasteiger charge is -2.34. The van der Waals surface area contributed by atoms with E-state index in [0.29, 0.717) is 30.7 Å². The van der Waals surface area contributed by atoms with Crippen LogP contribution < -0.4 is 24.8 Å². The fraction of sp³-hybridized carbons (Fsp3) is 0.681. The van der Waals surface area contributed by atoms with Crippen LogP contribution in [0.25, 0.3) is 10.9 Å². The van der Waals surface area contributed by atoms with E-state index in [-0.39, 0.29) is 43.4 Å². The molecule has 7 aliphatic rings. The number of fused-ring (bicyclic) bond motifs is 5. The van der Waals surface area contributed by atoms with Crippen LogP contribution >= 0.6 is 0 Å². The van der Waals surface area contributed by atoms with Crippen LogP contribution in [-0.4, -0.2) is 114 Å². The molecule has 3 unspecified atom stereocenters. The van der Waals surface area contributed by atoms with Gasteiger partial charge in [0.05, 0.1) is 22.4 Å². The summed E-state index contributed by atoms with van der Waals surface area (Å²) in [5.41, 5.74) is 0.0152. The number of aromatic nitrogens is 1. The fourth-order valence-corrected chi connectivity index (χ4v) is 11.9. The SMILES string of the molecule is C=CC1CC1(NC(=O)[C@@H]1C[C@@H]2CN1C(=O)[C@H](C1CCCCC1)NC(=O)O[C@@H]1C[C@H]1CCCCCc1c(nc3ccccc3c1OC1CCCN(C)C1)O2)C(=O)NS(=O)(=O)C1(C)CC1. The average Bonchev–Trinajstić information content (AvgIpc) is 4.23. The number of likely N-dealkylation sites (tertiary alicyclic amines) is 1. The molecule has 4 aliphatic carbocycles. The number of alkyl carbamates (subject to hydrolysis) is 1. The summed E-state index contributed by atoms with van der Waals surface area (Å²) in [6, 6.07) is 5.83. The third-order valence-electron chi connectivity index (χ3n) is 15.1. The molecule has 2 aromatic rings. The highest BCUT2D eigenvalue weighted by Gasteiger charge is 2.63. The van der Waals surface area contributed by atoms with Crippen molar-refractivity contribution in [2.75, 3.05) is 26.7 Å². The molecular weight excluding hydrogens is 825 g/mol. The van der Waals surface area contributed by atoms with Gasteiger partial charge in [-0.15, -0.1) is 6.58 Å². The molecule has 0 spiro atoms. The molecule has 1 aromatic carbocycles. The van der Waals surface area contributed by atoms with Crippen LogP contribution in [0.3, 0.4) is 0 Å². The number of benzene rings is 1. The van der Waals surface area contributed by atoms with Crippen molar-refractivity contribution in [2.24, 2.45) is 17.8 Å². The Morgan fingerprint density at radius 2 is 1.71 bits per heavy atom. The number of piperidine rings is 1. The summed E-state index contributed by atoms with van der Waals surface area (Å²) in [5.74, 6) is -1.12. The average molecular weight is 889 g/mol. The van der Waals surface area contributed by atoms with Crippen LogP contribution in [0.2, 0.25) is 0 Å². The number of rotatable bonds is 9. The summed E-state index contributed by atoms with van der Waals surface area (Å²) in [5, 5.41) is 6.78. The van der Waals surface area contributed by atoms with E-state index in [4.69, 9.17) is 19.2 Å². The van der Waals surface area contributed by atoms with E-state index in [1.807, 2.05) is 24.3 Å². The van der Waals surface area contributed by atoms with Gasteiger partial charge in [-0.05, 0) is 115 Å². The number of carbonyl (C=O) groups excluding carboxylic acids is 4. The summed E-state index contributed by atoms with van der Waals surface area (Å²) in [4.78, 5) is 66.2. The third kappa shape index (κ3) is 9.12. The van der Waals surface area contributed by atoms with Gasteiger partial charge in [-0.2, -0.15) is 0 Å². The van der Waals surface area contributed by atoms with Crippen LogP contribution in [0.4, 0.5) is 4.79 Å². The maximum atomic E-state index is 15.1. The van der Waals surface area contributed by atoms with Gasteiger partial charge in [0.2, 0.25) is 27.7 Å². The van der Waals surface area contributed by atoms with Gasteiger partial charge < -0.3 is 34.6 Å². The number of hydrogen-bond acceptors (Lipinski definition) is 11. The molecule has 342 valence electrons. The second kappa shape index (κ2) is 17.5. The van der Waals surface area contributed by atoms with Crippen molar-refractivity contribution in [3.63, 3.8) is 0 Å². The molecule has 3 N–H and O–H groups in total. The second-order valence-electron chi connectivity index (χ2n) is 19.8. The normalized spacial score (nSPS) is 32.6. The number of amides is 4. The van der Waals surface area contributed by atoms with Crippen molar-refractivity contribution in [3.05, 3.63) is 42.5 Å². The Morgan fingerprint density at radius 3 is 2.44 bits per heavy atom. The first-order chi connectivity index (χ1) is 30.3. The van der Waals surface area contributed by atoms with Crippen LogP contribution in [-0.2, 0) is 35.6 Å². The summed E-state index contributed by atoms with van der Waals surface area (Å²) >= 11 is 0. The van der Waals surface area contributed by atoms with Gasteiger partial charge in [-0.3, -0.25) is 19.1 Å². The molecule has 0 radical (unpaired) electrons. The minimum absolute atomic E-state index is 0.00986. The molecule has 4 saturated carbocycles. The number of para-hydroxylation sites is 1. The van der Waals surface area contributed by atoms with Crippen LogP contribution in [0.5, 0.6) is 11.6 Å². The smallest absolute Gasteiger partial charge is 0.408 e. The van der Waals surface area contributed by atoms with Gasteiger partial charge in [0.1, 0.15) is 41.7 Å². The minimum atomic E-state index is -4.01. The second-order valence-corrected chi connectivity index (χ2v) is 22.0. The number of sulfonamides is 1. The molecule has 16 heteroatoms. The van der Waals surface area contributed by atoms with Crippen molar-refractivity contribution < 1.29 is 41.8 Å². The molecule has 1 aromatic heterocycles. The van der Waals surface area contributed by atoms with Crippen LogP contribution in [0.1, 0.15) is 115 Å². The third-order valence-corrected chi connectivity index (χ3v) is 17.2. The highest BCUT2D eigenvalue weighted by atomic mass is 32.2. The van der Waals surface area contributed by atoms with Crippen molar-refractivity contribution in [2.45, 2.75) is 157 Å². The quantitative estimate of drug-likeness (QED) is 0.278. The molecule has 63 heavy (non-hydrogen) atoms.